The van der Waals surface area contributed by atoms with E-state index in [1.165, 1.54) is 0 Å². The number of benzene rings is 2. The zero-order chi connectivity index (χ0) is 21.1. The van der Waals surface area contributed by atoms with E-state index in [1.54, 1.807) is 23.1 Å². The van der Waals surface area contributed by atoms with Gasteiger partial charge in [-0.2, -0.15) is 5.26 Å². The molecule has 6 nitrogen and oxygen atoms in total. The van der Waals surface area contributed by atoms with E-state index in [0.717, 1.165) is 10.9 Å². The first-order chi connectivity index (χ1) is 14.6. The van der Waals surface area contributed by atoms with E-state index < -0.39 is 6.04 Å². The summed E-state index contributed by atoms with van der Waals surface area (Å²) in [5, 5.41) is 10.7. The van der Waals surface area contributed by atoms with E-state index >= 15 is 0 Å². The smallest absolute Gasteiger partial charge is 0.253 e. The minimum absolute atomic E-state index is 0.0295. The lowest BCUT2D eigenvalue weighted by Gasteiger charge is -2.41. The Bertz CT molecular complexity index is 1120. The van der Waals surface area contributed by atoms with Gasteiger partial charge in [0, 0.05) is 36.6 Å². The Morgan fingerprint density at radius 3 is 2.50 bits per heavy atom. The minimum Gasteiger partial charge on any atom is -0.336 e. The van der Waals surface area contributed by atoms with Crippen LogP contribution in [0.15, 0.2) is 66.7 Å². The summed E-state index contributed by atoms with van der Waals surface area (Å²) in [5.74, 6) is -0.337. The molecule has 1 amide bonds. The van der Waals surface area contributed by atoms with Crippen molar-refractivity contribution in [3.63, 3.8) is 0 Å². The molecule has 2 aromatic carbocycles. The first kappa shape index (κ1) is 19.7. The molecular weight excluding hydrogens is 376 g/mol. The monoisotopic (exact) mass is 398 g/mol. The van der Waals surface area contributed by atoms with Crippen molar-refractivity contribution in [1.82, 2.24) is 14.8 Å². The number of ketones is 1. The molecule has 0 bridgehead atoms. The van der Waals surface area contributed by atoms with Crippen molar-refractivity contribution in [1.29, 1.82) is 5.26 Å². The van der Waals surface area contributed by atoms with Crippen LogP contribution in [-0.2, 0) is 0 Å². The van der Waals surface area contributed by atoms with Gasteiger partial charge in [-0.1, -0.05) is 42.5 Å². The van der Waals surface area contributed by atoms with Crippen LogP contribution >= 0.6 is 0 Å². The first-order valence-electron chi connectivity index (χ1n) is 9.98. The summed E-state index contributed by atoms with van der Waals surface area (Å²) >= 11 is 0. The summed E-state index contributed by atoms with van der Waals surface area (Å²) in [6.07, 6.45) is 0. The molecule has 150 valence electrons. The predicted molar refractivity (Wildman–Crippen MR) is 114 cm³/mol. The largest absolute Gasteiger partial charge is 0.336 e. The van der Waals surface area contributed by atoms with Crippen LogP contribution < -0.4 is 0 Å². The Kier molecular flexibility index (Phi) is 5.55. The van der Waals surface area contributed by atoms with Crippen LogP contribution in [-0.4, -0.2) is 58.2 Å². The zero-order valence-corrected chi connectivity index (χ0v) is 16.7. The Labute approximate surface area is 175 Å². The van der Waals surface area contributed by atoms with Gasteiger partial charge < -0.3 is 4.90 Å². The molecule has 0 N–H and O–H groups in total. The van der Waals surface area contributed by atoms with Crippen molar-refractivity contribution in [3.8, 4) is 6.07 Å². The fraction of sp³-hybridized carbons (Fsp3) is 0.250. The number of fused-ring (bicyclic) bond motifs is 1. The van der Waals surface area contributed by atoms with Crippen LogP contribution in [0.4, 0.5) is 0 Å². The molecule has 0 radical (unpaired) electrons. The van der Waals surface area contributed by atoms with Gasteiger partial charge >= 0.3 is 0 Å². The van der Waals surface area contributed by atoms with Crippen LogP contribution in [0, 0.1) is 11.3 Å². The maximum Gasteiger partial charge on any atom is 0.253 e. The number of piperazine rings is 1. The second-order valence-electron chi connectivity index (χ2n) is 7.49. The van der Waals surface area contributed by atoms with E-state index in [1.807, 2.05) is 60.4 Å². The van der Waals surface area contributed by atoms with Gasteiger partial charge in [-0.25, -0.2) is 4.98 Å². The normalized spacial score (nSPS) is 18.0. The number of Topliss-reactive ketones (excluding diaryl/α,β-unsaturated/α-hetero) is 1. The molecule has 1 fully saturated rings. The van der Waals surface area contributed by atoms with Gasteiger partial charge in [0.1, 0.15) is 5.69 Å². The quantitative estimate of drug-likeness (QED) is 0.631. The third-order valence-electron chi connectivity index (χ3n) is 5.54. The highest BCUT2D eigenvalue weighted by molar-refractivity contribution is 6.01. The molecule has 4 rings (SSSR count). The Morgan fingerprint density at radius 1 is 1.03 bits per heavy atom. The predicted octanol–water partition coefficient (Wildman–Crippen LogP) is 3.16. The molecule has 1 unspecified atom stereocenters. The summed E-state index contributed by atoms with van der Waals surface area (Å²) in [6, 6.07) is 21.4. The van der Waals surface area contributed by atoms with Crippen LogP contribution in [0.2, 0.25) is 0 Å². The minimum atomic E-state index is -0.928. The van der Waals surface area contributed by atoms with Crippen LogP contribution in [0.25, 0.3) is 10.9 Å². The Balaban J connectivity index is 1.50. The summed E-state index contributed by atoms with van der Waals surface area (Å²) < 4.78 is 0. The second kappa shape index (κ2) is 8.44. The molecule has 1 saturated heterocycles. The van der Waals surface area contributed by atoms with E-state index in [2.05, 4.69) is 11.1 Å². The average molecular weight is 398 g/mol. The lowest BCUT2D eigenvalue weighted by atomic mass is 10.0. The third-order valence-corrected chi connectivity index (χ3v) is 5.54. The number of carbonyl (C=O) groups excluding carboxylic acids is 2. The highest BCUT2D eigenvalue weighted by Crippen LogP contribution is 2.19. The molecule has 3 aromatic rings. The number of carbonyl (C=O) groups is 2. The van der Waals surface area contributed by atoms with Crippen LogP contribution in [0.5, 0.6) is 0 Å². The van der Waals surface area contributed by atoms with E-state index in [4.69, 9.17) is 0 Å². The fourth-order valence-corrected chi connectivity index (χ4v) is 3.93. The summed E-state index contributed by atoms with van der Waals surface area (Å²) in [5.41, 5.74) is 1.66. The molecule has 30 heavy (non-hydrogen) atoms. The molecule has 0 spiro atoms. The summed E-state index contributed by atoms with van der Waals surface area (Å²) in [6.45, 7) is 3.33. The van der Waals surface area contributed by atoms with Gasteiger partial charge in [-0.3, -0.25) is 14.5 Å². The van der Waals surface area contributed by atoms with E-state index in [0.29, 0.717) is 25.2 Å². The van der Waals surface area contributed by atoms with Crippen molar-refractivity contribution in [2.75, 3.05) is 19.6 Å². The fourth-order valence-electron chi connectivity index (χ4n) is 3.93. The molecule has 2 atom stereocenters. The number of pyridine rings is 1. The number of amides is 1. The molecule has 6 heteroatoms. The number of hydrogen-bond donors (Lipinski definition) is 0. The Hall–Kier alpha value is -3.56. The number of para-hydroxylation sites is 1. The van der Waals surface area contributed by atoms with Crippen LogP contribution in [0.3, 0.4) is 0 Å². The Morgan fingerprint density at radius 2 is 1.77 bits per heavy atom. The van der Waals surface area contributed by atoms with Crippen LogP contribution in [0.1, 0.15) is 27.8 Å². The second-order valence-corrected chi connectivity index (χ2v) is 7.49. The number of nitriles is 1. The maximum absolute atomic E-state index is 13.1. The molecule has 1 aromatic heterocycles. The van der Waals surface area contributed by atoms with Crippen molar-refractivity contribution < 1.29 is 9.59 Å². The lowest BCUT2D eigenvalue weighted by molar-refractivity contribution is 0.0428. The number of nitrogens with zero attached hydrogens (tertiary/aromatic N) is 4. The lowest BCUT2D eigenvalue weighted by Crippen LogP contribution is -2.58. The zero-order valence-electron chi connectivity index (χ0n) is 16.7. The number of rotatable bonds is 4. The topological polar surface area (TPSA) is 77.3 Å². The van der Waals surface area contributed by atoms with Gasteiger partial charge in [0.25, 0.3) is 5.91 Å². The van der Waals surface area contributed by atoms with Gasteiger partial charge in [0.2, 0.25) is 5.78 Å². The average Bonchev–Trinajstić information content (AvgIpc) is 2.80. The molecule has 1 aliphatic heterocycles. The van der Waals surface area contributed by atoms with Gasteiger partial charge in [-0.05, 0) is 31.2 Å². The van der Waals surface area contributed by atoms with Crippen molar-refractivity contribution in [2.45, 2.75) is 19.0 Å². The molecule has 2 heterocycles. The van der Waals surface area contributed by atoms with Crippen molar-refractivity contribution >= 4 is 22.6 Å². The standard InChI is InChI=1S/C24H22N4O2/c1-17-16-27(24(30)19-8-3-2-4-9-19)13-14-28(17)22(15-25)23(29)21-12-11-18-7-5-6-10-20(18)26-21/h2-12,17,22H,13-14,16H2,1H3/t17-,22?/m0/s1. The highest BCUT2D eigenvalue weighted by atomic mass is 16.2. The van der Waals surface area contributed by atoms with Gasteiger partial charge in [-0.15, -0.1) is 0 Å². The number of hydrogen-bond acceptors (Lipinski definition) is 5. The number of aromatic nitrogens is 1. The SMILES string of the molecule is C[C@H]1CN(C(=O)c2ccccc2)CCN1C(C#N)C(=O)c1ccc2ccccc2n1. The van der Waals surface area contributed by atoms with E-state index in [9.17, 15) is 14.9 Å². The molecular formula is C24H22N4O2. The maximum atomic E-state index is 13.1. The molecule has 1 aliphatic rings. The summed E-state index contributed by atoms with van der Waals surface area (Å²) in [7, 11) is 0. The first-order valence-corrected chi connectivity index (χ1v) is 9.98. The summed E-state index contributed by atoms with van der Waals surface area (Å²) in [4.78, 5) is 33.9. The van der Waals surface area contributed by atoms with Crippen molar-refractivity contribution in [2.24, 2.45) is 0 Å². The highest BCUT2D eigenvalue weighted by Gasteiger charge is 2.36. The third kappa shape index (κ3) is 3.80. The van der Waals surface area contributed by atoms with Crippen molar-refractivity contribution in [3.05, 3.63) is 78.0 Å². The van der Waals surface area contributed by atoms with Gasteiger partial charge in [0.15, 0.2) is 6.04 Å². The molecule has 0 saturated carbocycles. The molecule has 0 aliphatic carbocycles. The van der Waals surface area contributed by atoms with E-state index in [-0.39, 0.29) is 23.4 Å². The van der Waals surface area contributed by atoms with Gasteiger partial charge in [0.05, 0.1) is 11.6 Å².